The van der Waals surface area contributed by atoms with Crippen molar-refractivity contribution < 1.29 is 19.0 Å². The molecule has 2 aliphatic rings. The van der Waals surface area contributed by atoms with E-state index in [4.69, 9.17) is 37.4 Å². The Balaban J connectivity index is 1.88. The number of allylic oxidation sites excluding steroid dienone is 1. The lowest BCUT2D eigenvalue weighted by molar-refractivity contribution is 0.101. The van der Waals surface area contributed by atoms with Gasteiger partial charge in [0.2, 0.25) is 5.78 Å². The SMILES string of the molecule is COc1cc(OC)c(C2=CCN(C)CC2)c2c1C(=O)/C(=C/c1c(Cl)cccc1Cl)O2. The number of likely N-dealkylation sites (N-methyl/N-ethyl adjacent to an activating group) is 1. The Bertz CT molecular complexity index is 1070. The lowest BCUT2D eigenvalue weighted by Crippen LogP contribution is -2.23. The number of halogens is 2. The van der Waals surface area contributed by atoms with Crippen LogP contribution in [0.15, 0.2) is 36.1 Å². The van der Waals surface area contributed by atoms with Crippen LogP contribution in [0.1, 0.15) is 27.9 Å². The van der Waals surface area contributed by atoms with Crippen molar-refractivity contribution in [2.24, 2.45) is 0 Å². The van der Waals surface area contributed by atoms with Gasteiger partial charge in [0.15, 0.2) is 11.5 Å². The second kappa shape index (κ2) is 8.34. The highest BCUT2D eigenvalue weighted by Gasteiger charge is 2.37. The molecule has 0 spiro atoms. The zero-order valence-electron chi connectivity index (χ0n) is 16.9. The van der Waals surface area contributed by atoms with Crippen LogP contribution in [0.3, 0.4) is 0 Å². The van der Waals surface area contributed by atoms with E-state index < -0.39 is 0 Å². The fourth-order valence-electron chi connectivity index (χ4n) is 3.71. The summed E-state index contributed by atoms with van der Waals surface area (Å²) in [6.45, 7) is 1.72. The van der Waals surface area contributed by atoms with E-state index >= 15 is 0 Å². The summed E-state index contributed by atoms with van der Waals surface area (Å²) in [5.74, 6) is 1.31. The molecule has 0 bridgehead atoms. The van der Waals surface area contributed by atoms with Crippen LogP contribution in [0.4, 0.5) is 0 Å². The predicted octanol–water partition coefficient (Wildman–Crippen LogP) is 5.35. The maximum Gasteiger partial charge on any atom is 0.235 e. The van der Waals surface area contributed by atoms with Crippen LogP contribution in [0.5, 0.6) is 17.2 Å². The van der Waals surface area contributed by atoms with Gasteiger partial charge < -0.3 is 19.1 Å². The summed E-state index contributed by atoms with van der Waals surface area (Å²) in [7, 11) is 5.18. The number of hydrogen-bond acceptors (Lipinski definition) is 5. The molecule has 0 saturated heterocycles. The second-order valence-electron chi connectivity index (χ2n) is 7.18. The van der Waals surface area contributed by atoms with Crippen LogP contribution in [-0.4, -0.2) is 45.0 Å². The Morgan fingerprint density at radius 2 is 1.77 bits per heavy atom. The topological polar surface area (TPSA) is 48.0 Å². The highest BCUT2D eigenvalue weighted by atomic mass is 35.5. The van der Waals surface area contributed by atoms with Gasteiger partial charge in [0.25, 0.3) is 0 Å². The molecule has 4 rings (SSSR count). The first-order chi connectivity index (χ1) is 14.4. The van der Waals surface area contributed by atoms with Gasteiger partial charge in [0.1, 0.15) is 17.1 Å². The van der Waals surface area contributed by atoms with Crippen molar-refractivity contribution >= 4 is 40.6 Å². The molecule has 2 heterocycles. The van der Waals surface area contributed by atoms with Gasteiger partial charge in [0, 0.05) is 34.8 Å². The molecule has 7 heteroatoms. The zero-order chi connectivity index (χ0) is 21.4. The standard InChI is InChI=1S/C23H21Cl2NO4/c1-26-9-7-13(8-10-26)20-17(28-2)12-18(29-3)21-22(27)19(30-23(20)21)11-14-15(24)5-4-6-16(14)25/h4-7,11-12H,8-10H2,1-3H3/b19-11-. The average molecular weight is 446 g/mol. The Hall–Kier alpha value is -2.47. The minimum atomic E-state index is -0.282. The number of ketones is 1. The molecule has 156 valence electrons. The van der Waals surface area contributed by atoms with Gasteiger partial charge in [-0.05, 0) is 37.3 Å². The molecular weight excluding hydrogens is 425 g/mol. The number of carbonyl (C=O) groups excluding carboxylic acids is 1. The number of nitrogens with zero attached hydrogens (tertiary/aromatic N) is 1. The number of hydrogen-bond donors (Lipinski definition) is 0. The van der Waals surface area contributed by atoms with Gasteiger partial charge >= 0.3 is 0 Å². The quantitative estimate of drug-likeness (QED) is 0.593. The van der Waals surface area contributed by atoms with E-state index in [1.165, 1.54) is 7.11 Å². The number of Topliss-reactive ketones (excluding diaryl/α,β-unsaturated/α-hetero) is 1. The summed E-state index contributed by atoms with van der Waals surface area (Å²) in [6, 6.07) is 6.91. The number of benzene rings is 2. The van der Waals surface area contributed by atoms with Crippen molar-refractivity contribution in [1.82, 2.24) is 4.90 Å². The number of methoxy groups -OCH3 is 2. The monoisotopic (exact) mass is 445 g/mol. The highest BCUT2D eigenvalue weighted by molar-refractivity contribution is 6.37. The maximum atomic E-state index is 13.3. The van der Waals surface area contributed by atoms with E-state index in [2.05, 4.69) is 18.0 Å². The molecule has 0 N–H and O–H groups in total. The number of fused-ring (bicyclic) bond motifs is 1. The molecule has 0 amide bonds. The summed E-state index contributed by atoms with van der Waals surface area (Å²) < 4.78 is 17.2. The minimum Gasteiger partial charge on any atom is -0.496 e. The first-order valence-electron chi connectivity index (χ1n) is 9.49. The van der Waals surface area contributed by atoms with Gasteiger partial charge in [-0.1, -0.05) is 35.3 Å². The van der Waals surface area contributed by atoms with Crippen molar-refractivity contribution in [2.75, 3.05) is 34.4 Å². The Kier molecular flexibility index (Phi) is 5.78. The fraction of sp³-hybridized carbons (Fsp3) is 0.261. The molecule has 2 aromatic rings. The molecule has 0 unspecified atom stereocenters. The van der Waals surface area contributed by atoms with Gasteiger partial charge in [-0.3, -0.25) is 4.79 Å². The first-order valence-corrected chi connectivity index (χ1v) is 10.2. The van der Waals surface area contributed by atoms with Gasteiger partial charge in [0.05, 0.1) is 19.8 Å². The fourth-order valence-corrected chi connectivity index (χ4v) is 4.21. The highest BCUT2D eigenvalue weighted by Crippen LogP contribution is 2.49. The number of carbonyl (C=O) groups is 1. The summed E-state index contributed by atoms with van der Waals surface area (Å²) in [6.07, 6.45) is 4.53. The van der Waals surface area contributed by atoms with E-state index in [0.29, 0.717) is 38.4 Å². The Labute approximate surface area is 185 Å². The summed E-state index contributed by atoms with van der Waals surface area (Å²) in [4.78, 5) is 15.5. The molecule has 2 aromatic carbocycles. The zero-order valence-corrected chi connectivity index (χ0v) is 18.4. The van der Waals surface area contributed by atoms with Crippen LogP contribution in [0, 0.1) is 0 Å². The van der Waals surface area contributed by atoms with Gasteiger partial charge in [-0.25, -0.2) is 0 Å². The van der Waals surface area contributed by atoms with Crippen LogP contribution in [0.2, 0.25) is 10.0 Å². The molecule has 30 heavy (non-hydrogen) atoms. The van der Waals surface area contributed by atoms with E-state index in [1.54, 1.807) is 37.5 Å². The van der Waals surface area contributed by atoms with Gasteiger partial charge in [-0.2, -0.15) is 0 Å². The third-order valence-electron chi connectivity index (χ3n) is 5.32. The third kappa shape index (κ3) is 3.58. The van der Waals surface area contributed by atoms with E-state index in [0.717, 1.165) is 30.6 Å². The molecule has 0 atom stereocenters. The molecular formula is C23H21Cl2NO4. The Morgan fingerprint density at radius 3 is 2.37 bits per heavy atom. The normalized spacial score (nSPS) is 17.6. The maximum absolute atomic E-state index is 13.3. The smallest absolute Gasteiger partial charge is 0.235 e. The first kappa shape index (κ1) is 20.8. The lowest BCUT2D eigenvalue weighted by atomic mass is 9.94. The van der Waals surface area contributed by atoms with Crippen LogP contribution < -0.4 is 14.2 Å². The predicted molar refractivity (Wildman–Crippen MR) is 119 cm³/mol. The second-order valence-corrected chi connectivity index (χ2v) is 7.99. The van der Waals surface area contributed by atoms with Crippen molar-refractivity contribution in [3.8, 4) is 17.2 Å². The molecule has 0 saturated carbocycles. The third-order valence-corrected chi connectivity index (χ3v) is 5.98. The average Bonchev–Trinajstić information content (AvgIpc) is 3.06. The molecule has 2 aliphatic heterocycles. The van der Waals surface area contributed by atoms with E-state index in [1.807, 2.05) is 0 Å². The van der Waals surface area contributed by atoms with Crippen molar-refractivity contribution in [3.05, 3.63) is 62.8 Å². The summed E-state index contributed by atoms with van der Waals surface area (Å²) >= 11 is 12.6. The van der Waals surface area contributed by atoms with Crippen molar-refractivity contribution in [3.63, 3.8) is 0 Å². The number of ether oxygens (including phenoxy) is 3. The van der Waals surface area contributed by atoms with Crippen LogP contribution in [0.25, 0.3) is 11.6 Å². The molecule has 0 aromatic heterocycles. The molecule has 0 aliphatic carbocycles. The van der Waals surface area contributed by atoms with E-state index in [-0.39, 0.29) is 11.5 Å². The molecule has 0 radical (unpaired) electrons. The molecule has 0 fully saturated rings. The van der Waals surface area contributed by atoms with E-state index in [9.17, 15) is 4.79 Å². The lowest BCUT2D eigenvalue weighted by Gasteiger charge is -2.24. The van der Waals surface area contributed by atoms with Crippen molar-refractivity contribution in [2.45, 2.75) is 6.42 Å². The summed E-state index contributed by atoms with van der Waals surface area (Å²) in [5.41, 5.74) is 2.77. The summed E-state index contributed by atoms with van der Waals surface area (Å²) in [5, 5.41) is 0.871. The Morgan fingerprint density at radius 1 is 1.10 bits per heavy atom. The molecule has 5 nitrogen and oxygen atoms in total. The van der Waals surface area contributed by atoms with Crippen molar-refractivity contribution in [1.29, 1.82) is 0 Å². The largest absolute Gasteiger partial charge is 0.496 e. The van der Waals surface area contributed by atoms with Gasteiger partial charge in [-0.15, -0.1) is 0 Å². The minimum absolute atomic E-state index is 0.140. The number of rotatable bonds is 4. The van der Waals surface area contributed by atoms with Crippen LogP contribution in [-0.2, 0) is 0 Å². The van der Waals surface area contributed by atoms with Crippen LogP contribution >= 0.6 is 23.2 Å².